The van der Waals surface area contributed by atoms with Crippen molar-refractivity contribution in [3.05, 3.63) is 0 Å². The smallest absolute Gasteiger partial charge is 0.197 e. The van der Waals surface area contributed by atoms with Crippen LogP contribution in [0.4, 0.5) is 0 Å². The highest BCUT2D eigenvalue weighted by Gasteiger charge is 2.25. The molecule has 118 valence electrons. The van der Waals surface area contributed by atoms with Crippen molar-refractivity contribution in [2.45, 2.75) is 26.3 Å². The molecule has 0 radical (unpaired) electrons. The molecule has 1 rings (SSSR count). The Kier molecular flexibility index (Phi) is 7.26. The summed E-state index contributed by atoms with van der Waals surface area (Å²) in [4.78, 5) is 9.22. The molecule has 0 bridgehead atoms. The van der Waals surface area contributed by atoms with Crippen molar-refractivity contribution < 1.29 is 14.6 Å². The van der Waals surface area contributed by atoms with Gasteiger partial charge in [0.1, 0.15) is 0 Å². The summed E-state index contributed by atoms with van der Waals surface area (Å²) in [6.45, 7) is 11.4. The second-order valence-electron chi connectivity index (χ2n) is 5.94. The molecule has 1 fully saturated rings. The quantitative estimate of drug-likeness (QED) is 0.656. The minimum absolute atomic E-state index is 0.0622. The van der Waals surface area contributed by atoms with Gasteiger partial charge in [0.05, 0.1) is 38.6 Å². The lowest BCUT2D eigenvalue weighted by molar-refractivity contribution is 0.0307. The summed E-state index contributed by atoms with van der Waals surface area (Å²) in [6, 6.07) is 0. The minimum atomic E-state index is -0.0643. The highest BCUT2D eigenvalue weighted by Crippen LogP contribution is 2.13. The number of aliphatic hydroxyl groups excluding tert-OH is 1. The van der Waals surface area contributed by atoms with Crippen LogP contribution in [0.5, 0.6) is 0 Å². The predicted molar refractivity (Wildman–Crippen MR) is 80.1 cm³/mol. The zero-order valence-electron chi connectivity index (χ0n) is 13.3. The van der Waals surface area contributed by atoms with Crippen molar-refractivity contribution in [1.29, 1.82) is 0 Å². The summed E-state index contributed by atoms with van der Waals surface area (Å²) in [7, 11) is 2.08. The van der Waals surface area contributed by atoms with E-state index in [1.54, 1.807) is 0 Å². The summed E-state index contributed by atoms with van der Waals surface area (Å²) in [5.41, 5.74) is -0.0643. The molecule has 0 amide bonds. The molecule has 1 heterocycles. The third-order valence-electron chi connectivity index (χ3n) is 2.88. The normalized spacial score (nSPS) is 18.4. The lowest BCUT2D eigenvalue weighted by atomic mass is 10.1. The topological polar surface area (TPSA) is 57.5 Å². The number of nitrogens with zero attached hydrogens (tertiary/aromatic N) is 3. The Morgan fingerprint density at radius 1 is 1.10 bits per heavy atom. The number of rotatable bonds is 8. The maximum Gasteiger partial charge on any atom is 0.197 e. The number of ether oxygens (including phenoxy) is 2. The number of likely N-dealkylation sites (N-methyl/N-ethyl adjacent to an activating group) is 1. The van der Waals surface area contributed by atoms with Crippen LogP contribution in [-0.4, -0.2) is 86.1 Å². The third kappa shape index (κ3) is 6.54. The minimum Gasteiger partial charge on any atom is -0.394 e. The highest BCUT2D eigenvalue weighted by atomic mass is 16.5. The fourth-order valence-corrected chi connectivity index (χ4v) is 1.94. The van der Waals surface area contributed by atoms with Crippen LogP contribution in [-0.2, 0) is 9.47 Å². The van der Waals surface area contributed by atoms with Crippen LogP contribution in [0.15, 0.2) is 4.99 Å². The molecular formula is C14H29N3O3. The number of hydrogen-bond acceptors (Lipinski definition) is 4. The van der Waals surface area contributed by atoms with E-state index in [1.807, 2.05) is 0 Å². The van der Waals surface area contributed by atoms with Gasteiger partial charge in [-0.25, -0.2) is 4.99 Å². The van der Waals surface area contributed by atoms with Gasteiger partial charge < -0.3 is 24.4 Å². The van der Waals surface area contributed by atoms with Gasteiger partial charge in [0.2, 0.25) is 0 Å². The van der Waals surface area contributed by atoms with Crippen LogP contribution in [0.25, 0.3) is 0 Å². The molecule has 0 saturated carbocycles. The van der Waals surface area contributed by atoms with E-state index in [1.165, 1.54) is 0 Å². The van der Waals surface area contributed by atoms with Crippen molar-refractivity contribution in [2.75, 3.05) is 59.7 Å². The maximum absolute atomic E-state index is 8.57. The molecule has 0 aromatic carbocycles. The van der Waals surface area contributed by atoms with Crippen LogP contribution >= 0.6 is 0 Å². The average Bonchev–Trinajstić information content (AvgIpc) is 2.68. The van der Waals surface area contributed by atoms with Crippen molar-refractivity contribution >= 4 is 5.96 Å². The van der Waals surface area contributed by atoms with E-state index >= 15 is 0 Å². The molecule has 6 heteroatoms. The molecule has 0 atom stereocenters. The Morgan fingerprint density at radius 3 is 2.35 bits per heavy atom. The molecule has 1 N–H and O–H groups in total. The summed E-state index contributed by atoms with van der Waals surface area (Å²) < 4.78 is 10.7. The molecular weight excluding hydrogens is 258 g/mol. The molecule has 6 nitrogen and oxygen atoms in total. The van der Waals surface area contributed by atoms with E-state index in [2.05, 4.69) is 37.6 Å². The molecule has 0 aromatic heterocycles. The Hall–Kier alpha value is -0.850. The summed E-state index contributed by atoms with van der Waals surface area (Å²) in [5.74, 6) is 1.05. The largest absolute Gasteiger partial charge is 0.394 e. The fourth-order valence-electron chi connectivity index (χ4n) is 1.94. The van der Waals surface area contributed by atoms with Gasteiger partial charge in [-0.15, -0.1) is 0 Å². The van der Waals surface area contributed by atoms with Crippen LogP contribution in [0.2, 0.25) is 0 Å². The van der Waals surface area contributed by atoms with Crippen LogP contribution in [0.3, 0.4) is 0 Å². The van der Waals surface area contributed by atoms with E-state index in [0.29, 0.717) is 26.4 Å². The first kappa shape index (κ1) is 17.2. The van der Waals surface area contributed by atoms with Gasteiger partial charge in [0.15, 0.2) is 5.96 Å². The van der Waals surface area contributed by atoms with Gasteiger partial charge >= 0.3 is 0 Å². The molecule has 1 saturated heterocycles. The lowest BCUT2D eigenvalue weighted by Crippen LogP contribution is -2.36. The molecule has 0 unspecified atom stereocenters. The SMILES string of the molecule is CN1CCN(CCOCCOCCO)C1=NC(C)(C)C. The van der Waals surface area contributed by atoms with Gasteiger partial charge in [0.25, 0.3) is 0 Å². The molecule has 1 aliphatic heterocycles. The zero-order chi connectivity index (χ0) is 15.0. The van der Waals surface area contributed by atoms with Gasteiger partial charge in [0, 0.05) is 26.7 Å². The Balaban J connectivity index is 2.27. The van der Waals surface area contributed by atoms with Crippen molar-refractivity contribution in [3.8, 4) is 0 Å². The third-order valence-corrected chi connectivity index (χ3v) is 2.88. The second-order valence-corrected chi connectivity index (χ2v) is 5.94. The maximum atomic E-state index is 8.57. The van der Waals surface area contributed by atoms with Crippen molar-refractivity contribution in [2.24, 2.45) is 4.99 Å². The van der Waals surface area contributed by atoms with E-state index in [4.69, 9.17) is 19.6 Å². The van der Waals surface area contributed by atoms with Crippen molar-refractivity contribution in [1.82, 2.24) is 9.80 Å². The number of aliphatic imine (C=N–C) groups is 1. The first-order valence-electron chi connectivity index (χ1n) is 7.26. The van der Waals surface area contributed by atoms with Crippen LogP contribution in [0, 0.1) is 0 Å². The van der Waals surface area contributed by atoms with E-state index in [9.17, 15) is 0 Å². The van der Waals surface area contributed by atoms with Gasteiger partial charge in [-0.3, -0.25) is 0 Å². The van der Waals surface area contributed by atoms with Crippen LogP contribution < -0.4 is 0 Å². The average molecular weight is 287 g/mol. The molecule has 0 spiro atoms. The Morgan fingerprint density at radius 2 is 1.75 bits per heavy atom. The van der Waals surface area contributed by atoms with E-state index in [0.717, 1.165) is 25.6 Å². The monoisotopic (exact) mass is 287 g/mol. The molecule has 1 aliphatic rings. The standard InChI is InChI=1S/C14H29N3O3/c1-14(2,3)15-13-16(4)5-6-17(13)7-9-19-11-12-20-10-8-18/h18H,5-12H2,1-4H3. The zero-order valence-corrected chi connectivity index (χ0v) is 13.3. The lowest BCUT2D eigenvalue weighted by Gasteiger charge is -2.24. The van der Waals surface area contributed by atoms with E-state index in [-0.39, 0.29) is 12.1 Å². The number of guanidine groups is 1. The van der Waals surface area contributed by atoms with Crippen LogP contribution in [0.1, 0.15) is 20.8 Å². The summed E-state index contributed by atoms with van der Waals surface area (Å²) in [6.07, 6.45) is 0. The van der Waals surface area contributed by atoms with Gasteiger partial charge in [-0.2, -0.15) is 0 Å². The summed E-state index contributed by atoms with van der Waals surface area (Å²) >= 11 is 0. The molecule has 0 aliphatic carbocycles. The molecule has 20 heavy (non-hydrogen) atoms. The number of aliphatic hydroxyl groups is 1. The first-order chi connectivity index (χ1) is 9.44. The van der Waals surface area contributed by atoms with E-state index < -0.39 is 0 Å². The Bertz CT molecular complexity index is 303. The first-order valence-corrected chi connectivity index (χ1v) is 7.26. The van der Waals surface area contributed by atoms with Gasteiger partial charge in [-0.1, -0.05) is 0 Å². The molecule has 0 aromatic rings. The Labute approximate surface area is 122 Å². The predicted octanol–water partition coefficient (Wildman–Crippen LogP) is 0.414. The highest BCUT2D eigenvalue weighted by molar-refractivity contribution is 5.82. The summed E-state index contributed by atoms with van der Waals surface area (Å²) in [5, 5.41) is 8.57. The second kappa shape index (κ2) is 8.44. The van der Waals surface area contributed by atoms with Crippen molar-refractivity contribution in [3.63, 3.8) is 0 Å². The van der Waals surface area contributed by atoms with Gasteiger partial charge in [-0.05, 0) is 20.8 Å². The number of hydrogen-bond donors (Lipinski definition) is 1. The fraction of sp³-hybridized carbons (Fsp3) is 0.929.